The maximum atomic E-state index is 12.0. The number of primary amides is 1. The van der Waals surface area contributed by atoms with Crippen molar-refractivity contribution in [2.75, 3.05) is 18.0 Å². The van der Waals surface area contributed by atoms with Crippen molar-refractivity contribution in [2.24, 2.45) is 5.73 Å². The standard InChI is InChI=1S/C16H19ClN6O2S/c1-10(13(24)19-14(18)25)26-16-21-20-15(22-8-4-5-9-22)23(16)12-7-3-2-6-11(12)17/h2-3,6-7,10H,4-5,8-9H2,1H3,(H3,18,19,24,25)/t10-/m0/s1. The number of aromatic nitrogens is 3. The lowest BCUT2D eigenvalue weighted by molar-refractivity contribution is -0.119. The number of carbonyl (C=O) groups is 2. The molecule has 10 heteroatoms. The maximum absolute atomic E-state index is 12.0. The summed E-state index contributed by atoms with van der Waals surface area (Å²) in [6, 6.07) is 6.52. The molecule has 1 aromatic carbocycles. The lowest BCUT2D eigenvalue weighted by atomic mass is 10.3. The lowest BCUT2D eigenvalue weighted by Gasteiger charge is -2.19. The molecule has 1 aliphatic rings. The van der Waals surface area contributed by atoms with Crippen molar-refractivity contribution in [3.8, 4) is 5.69 Å². The highest BCUT2D eigenvalue weighted by molar-refractivity contribution is 8.00. The number of para-hydroxylation sites is 1. The Balaban J connectivity index is 1.96. The van der Waals surface area contributed by atoms with Crippen LogP contribution in [-0.4, -0.2) is 45.0 Å². The summed E-state index contributed by atoms with van der Waals surface area (Å²) in [4.78, 5) is 25.1. The second-order valence-electron chi connectivity index (χ2n) is 5.88. The second-order valence-corrected chi connectivity index (χ2v) is 7.59. The smallest absolute Gasteiger partial charge is 0.318 e. The van der Waals surface area contributed by atoms with E-state index in [0.29, 0.717) is 16.1 Å². The fourth-order valence-corrected chi connectivity index (χ4v) is 3.81. The van der Waals surface area contributed by atoms with Gasteiger partial charge in [-0.3, -0.25) is 14.7 Å². The van der Waals surface area contributed by atoms with Crippen LogP contribution in [0.3, 0.4) is 0 Å². The molecule has 3 amide bonds. The zero-order valence-corrected chi connectivity index (χ0v) is 15.8. The number of anilines is 1. The Labute approximate surface area is 160 Å². The Morgan fingerprint density at radius 1 is 1.27 bits per heavy atom. The van der Waals surface area contributed by atoms with Crippen LogP contribution in [0.1, 0.15) is 19.8 Å². The van der Waals surface area contributed by atoms with E-state index >= 15 is 0 Å². The maximum Gasteiger partial charge on any atom is 0.318 e. The minimum atomic E-state index is -0.882. The molecule has 8 nitrogen and oxygen atoms in total. The highest BCUT2D eigenvalue weighted by atomic mass is 35.5. The third-order valence-electron chi connectivity index (χ3n) is 4.00. The first kappa shape index (κ1) is 18.5. The van der Waals surface area contributed by atoms with E-state index in [4.69, 9.17) is 17.3 Å². The first-order valence-corrected chi connectivity index (χ1v) is 9.45. The molecule has 0 spiro atoms. The van der Waals surface area contributed by atoms with E-state index in [0.717, 1.165) is 31.6 Å². The zero-order valence-electron chi connectivity index (χ0n) is 14.2. The number of nitrogens with two attached hydrogens (primary N) is 1. The normalized spacial score (nSPS) is 15.1. The molecular weight excluding hydrogens is 376 g/mol. The van der Waals surface area contributed by atoms with Crippen LogP contribution in [0.5, 0.6) is 0 Å². The molecule has 0 bridgehead atoms. The van der Waals surface area contributed by atoms with E-state index in [2.05, 4.69) is 20.4 Å². The fraction of sp³-hybridized carbons (Fsp3) is 0.375. The molecule has 138 valence electrons. The lowest BCUT2D eigenvalue weighted by Crippen LogP contribution is -2.39. The van der Waals surface area contributed by atoms with Crippen molar-refractivity contribution in [3.63, 3.8) is 0 Å². The van der Waals surface area contributed by atoms with Gasteiger partial charge in [0.15, 0.2) is 5.16 Å². The van der Waals surface area contributed by atoms with Gasteiger partial charge in [0.2, 0.25) is 11.9 Å². The molecule has 2 heterocycles. The molecule has 1 saturated heterocycles. The Kier molecular flexibility index (Phi) is 5.67. The predicted molar refractivity (Wildman–Crippen MR) is 101 cm³/mol. The first-order valence-electron chi connectivity index (χ1n) is 8.19. The van der Waals surface area contributed by atoms with E-state index in [1.54, 1.807) is 13.0 Å². The van der Waals surface area contributed by atoms with Crippen LogP contribution >= 0.6 is 23.4 Å². The van der Waals surface area contributed by atoms with E-state index in [9.17, 15) is 9.59 Å². The number of imide groups is 1. The first-order chi connectivity index (χ1) is 12.5. The van der Waals surface area contributed by atoms with E-state index in [1.807, 2.05) is 22.8 Å². The molecule has 3 N–H and O–H groups in total. The van der Waals surface area contributed by atoms with Gasteiger partial charge in [0.1, 0.15) is 0 Å². The largest absolute Gasteiger partial charge is 0.351 e. The van der Waals surface area contributed by atoms with Crippen molar-refractivity contribution in [1.82, 2.24) is 20.1 Å². The second kappa shape index (κ2) is 7.96. The molecule has 1 fully saturated rings. The predicted octanol–water partition coefficient (Wildman–Crippen LogP) is 2.20. The van der Waals surface area contributed by atoms with Crippen LogP contribution < -0.4 is 16.0 Å². The van der Waals surface area contributed by atoms with Gasteiger partial charge in [-0.25, -0.2) is 4.79 Å². The quantitative estimate of drug-likeness (QED) is 0.753. The van der Waals surface area contributed by atoms with Crippen molar-refractivity contribution < 1.29 is 9.59 Å². The van der Waals surface area contributed by atoms with Gasteiger partial charge >= 0.3 is 6.03 Å². The zero-order chi connectivity index (χ0) is 18.7. The number of nitrogens with one attached hydrogen (secondary N) is 1. The molecule has 0 unspecified atom stereocenters. The molecule has 0 radical (unpaired) electrons. The van der Waals surface area contributed by atoms with Crippen molar-refractivity contribution in [3.05, 3.63) is 29.3 Å². The summed E-state index contributed by atoms with van der Waals surface area (Å²) in [5, 5.41) is 11.2. The van der Waals surface area contributed by atoms with Gasteiger partial charge in [-0.05, 0) is 31.9 Å². The number of rotatable bonds is 5. The third-order valence-corrected chi connectivity index (χ3v) is 5.36. The van der Waals surface area contributed by atoms with Gasteiger partial charge in [0.25, 0.3) is 0 Å². The van der Waals surface area contributed by atoms with Gasteiger partial charge in [-0.1, -0.05) is 35.5 Å². The van der Waals surface area contributed by atoms with Gasteiger partial charge in [-0.2, -0.15) is 0 Å². The van der Waals surface area contributed by atoms with Crippen LogP contribution in [0.25, 0.3) is 5.69 Å². The summed E-state index contributed by atoms with van der Waals surface area (Å²) in [6.07, 6.45) is 2.19. The Morgan fingerprint density at radius 3 is 2.62 bits per heavy atom. The number of halogens is 1. The molecule has 1 aliphatic heterocycles. The number of benzene rings is 1. The summed E-state index contributed by atoms with van der Waals surface area (Å²) in [7, 11) is 0. The van der Waals surface area contributed by atoms with Crippen molar-refractivity contribution >= 4 is 41.2 Å². The highest BCUT2D eigenvalue weighted by Gasteiger charge is 2.26. The SMILES string of the molecule is C[C@H](Sc1nnc(N2CCCC2)n1-c1ccccc1Cl)C(=O)NC(N)=O. The number of nitrogens with zero attached hydrogens (tertiary/aromatic N) is 4. The molecule has 2 aromatic rings. The average Bonchev–Trinajstić information content (AvgIpc) is 3.24. The number of thioether (sulfide) groups is 1. The molecule has 26 heavy (non-hydrogen) atoms. The Bertz CT molecular complexity index is 821. The van der Waals surface area contributed by atoms with Crippen LogP contribution in [-0.2, 0) is 4.79 Å². The highest BCUT2D eigenvalue weighted by Crippen LogP contribution is 2.33. The number of hydrogen-bond acceptors (Lipinski definition) is 6. The summed E-state index contributed by atoms with van der Waals surface area (Å²) in [5.41, 5.74) is 5.76. The minimum Gasteiger partial charge on any atom is -0.351 e. The topological polar surface area (TPSA) is 106 Å². The van der Waals surface area contributed by atoms with Crippen LogP contribution in [0.2, 0.25) is 5.02 Å². The van der Waals surface area contributed by atoms with Gasteiger partial charge in [-0.15, -0.1) is 10.2 Å². The van der Waals surface area contributed by atoms with Gasteiger partial charge < -0.3 is 10.6 Å². The van der Waals surface area contributed by atoms with Gasteiger partial charge in [0, 0.05) is 13.1 Å². The Morgan fingerprint density at radius 2 is 1.96 bits per heavy atom. The van der Waals surface area contributed by atoms with Crippen LogP contribution in [0.4, 0.5) is 10.7 Å². The number of amides is 3. The van der Waals surface area contributed by atoms with E-state index in [1.165, 1.54) is 11.8 Å². The summed E-state index contributed by atoms with van der Waals surface area (Å²) in [6.45, 7) is 3.46. The minimum absolute atomic E-state index is 0.487. The monoisotopic (exact) mass is 394 g/mol. The van der Waals surface area contributed by atoms with Crippen LogP contribution in [0.15, 0.2) is 29.4 Å². The van der Waals surface area contributed by atoms with Crippen molar-refractivity contribution in [1.29, 1.82) is 0 Å². The third kappa shape index (κ3) is 3.94. The van der Waals surface area contributed by atoms with Crippen molar-refractivity contribution in [2.45, 2.75) is 30.2 Å². The molecule has 0 saturated carbocycles. The number of carbonyl (C=O) groups excluding carboxylic acids is 2. The molecule has 0 aliphatic carbocycles. The van der Waals surface area contributed by atoms with Crippen LogP contribution in [0, 0.1) is 0 Å². The molecular formula is C16H19ClN6O2S. The Hall–Kier alpha value is -2.26. The van der Waals surface area contributed by atoms with E-state index < -0.39 is 17.2 Å². The molecule has 1 atom stereocenters. The number of hydrogen-bond donors (Lipinski definition) is 2. The molecule has 1 aromatic heterocycles. The summed E-state index contributed by atoms with van der Waals surface area (Å²) < 4.78 is 1.85. The summed E-state index contributed by atoms with van der Waals surface area (Å²) in [5.74, 6) is 0.208. The average molecular weight is 395 g/mol. The summed E-state index contributed by atoms with van der Waals surface area (Å²) >= 11 is 7.58. The van der Waals surface area contributed by atoms with E-state index in [-0.39, 0.29) is 0 Å². The fourth-order valence-electron chi connectivity index (χ4n) is 2.74. The molecule has 3 rings (SSSR count). The van der Waals surface area contributed by atoms with Gasteiger partial charge in [0.05, 0.1) is 16.0 Å². The number of urea groups is 1.